The second kappa shape index (κ2) is 18.0. The highest BCUT2D eigenvalue weighted by molar-refractivity contribution is 5.99. The molecular formula is C33H56N6O9. The minimum absolute atomic E-state index is 0.0676. The van der Waals surface area contributed by atoms with E-state index in [1.54, 1.807) is 39.5 Å². The van der Waals surface area contributed by atoms with Crippen molar-refractivity contribution >= 4 is 41.6 Å². The van der Waals surface area contributed by atoms with Crippen molar-refractivity contribution in [1.82, 2.24) is 31.1 Å². The van der Waals surface area contributed by atoms with E-state index >= 15 is 0 Å². The van der Waals surface area contributed by atoms with Crippen molar-refractivity contribution in [2.75, 3.05) is 19.6 Å². The summed E-state index contributed by atoms with van der Waals surface area (Å²) in [7, 11) is 0. The average Bonchev–Trinajstić information content (AvgIpc) is 3.55. The molecule has 15 nitrogen and oxygen atoms in total. The smallest absolute Gasteiger partial charge is 0.326 e. The summed E-state index contributed by atoms with van der Waals surface area (Å²) >= 11 is 0. The van der Waals surface area contributed by atoms with Crippen molar-refractivity contribution in [2.45, 2.75) is 130 Å². The van der Waals surface area contributed by atoms with Crippen molar-refractivity contribution in [3.05, 3.63) is 0 Å². The number of piperidine rings is 1. The highest BCUT2D eigenvalue weighted by Crippen LogP contribution is 2.31. The van der Waals surface area contributed by atoms with Gasteiger partial charge in [-0.05, 0) is 56.3 Å². The number of rotatable bonds is 15. The SMILES string of the molecule is CCC(CC)NC(=O)N[C@H](C(=O)N1CCC[C@H](C(=O)N2CCCC2)[C@H]1C(=O)N[C@@H](CC(=O)O)C(=O)N[C@@H](CC(C)C)C(=O)O)C(C)(C)C. The molecule has 48 heavy (non-hydrogen) atoms. The van der Waals surface area contributed by atoms with E-state index in [1.165, 1.54) is 4.90 Å². The fourth-order valence-electron chi connectivity index (χ4n) is 6.27. The number of amides is 6. The normalized spacial score (nSPS) is 20.1. The number of likely N-dealkylation sites (tertiary alicyclic amines) is 2. The molecule has 6 amide bonds. The molecule has 0 bridgehead atoms. The van der Waals surface area contributed by atoms with Gasteiger partial charge in [0.1, 0.15) is 24.2 Å². The lowest BCUT2D eigenvalue weighted by molar-refractivity contribution is -0.155. The molecule has 15 heteroatoms. The Morgan fingerprint density at radius 3 is 1.92 bits per heavy atom. The molecule has 0 aromatic carbocycles. The van der Waals surface area contributed by atoms with Crippen LogP contribution in [0.15, 0.2) is 0 Å². The van der Waals surface area contributed by atoms with Crippen LogP contribution in [0.5, 0.6) is 0 Å². The molecule has 2 saturated heterocycles. The molecule has 0 unspecified atom stereocenters. The van der Waals surface area contributed by atoms with Gasteiger partial charge in [-0.25, -0.2) is 9.59 Å². The van der Waals surface area contributed by atoms with E-state index in [0.29, 0.717) is 32.4 Å². The quantitative estimate of drug-likeness (QED) is 0.148. The second-order valence-electron chi connectivity index (χ2n) is 14.4. The Balaban J connectivity index is 2.50. The van der Waals surface area contributed by atoms with Gasteiger partial charge in [0.2, 0.25) is 23.6 Å². The number of nitrogens with zero attached hydrogens (tertiary/aromatic N) is 2. The van der Waals surface area contributed by atoms with Gasteiger partial charge in [-0.2, -0.15) is 0 Å². The first kappa shape index (κ1) is 40.3. The topological polar surface area (TPSA) is 215 Å². The Morgan fingerprint density at radius 2 is 1.42 bits per heavy atom. The van der Waals surface area contributed by atoms with E-state index in [4.69, 9.17) is 0 Å². The number of carbonyl (C=O) groups excluding carboxylic acids is 5. The number of hydrogen-bond acceptors (Lipinski definition) is 7. The molecule has 0 aromatic rings. The molecule has 0 saturated carbocycles. The highest BCUT2D eigenvalue weighted by Gasteiger charge is 2.48. The Hall–Kier alpha value is -3.91. The lowest BCUT2D eigenvalue weighted by atomic mass is 9.82. The Kier molecular flexibility index (Phi) is 15.1. The van der Waals surface area contributed by atoms with Gasteiger partial charge in [-0.1, -0.05) is 48.5 Å². The maximum absolute atomic E-state index is 14.4. The summed E-state index contributed by atoms with van der Waals surface area (Å²) in [4.78, 5) is 95.2. The Bertz CT molecular complexity index is 1180. The van der Waals surface area contributed by atoms with Crippen LogP contribution >= 0.6 is 0 Å². The molecule has 2 heterocycles. The molecule has 0 spiro atoms. The third-order valence-electron chi connectivity index (χ3n) is 8.96. The maximum Gasteiger partial charge on any atom is 0.326 e. The number of nitrogens with one attached hydrogen (secondary N) is 4. The lowest BCUT2D eigenvalue weighted by Crippen LogP contribution is -2.66. The van der Waals surface area contributed by atoms with Crippen LogP contribution < -0.4 is 21.3 Å². The summed E-state index contributed by atoms with van der Waals surface area (Å²) in [5, 5.41) is 29.6. The number of carboxylic acid groups (broad SMARTS) is 2. The highest BCUT2D eigenvalue weighted by atomic mass is 16.4. The minimum Gasteiger partial charge on any atom is -0.481 e. The van der Waals surface area contributed by atoms with Crippen LogP contribution in [-0.2, 0) is 28.8 Å². The fraction of sp³-hybridized carbons (Fsp3) is 0.788. The number of aliphatic carboxylic acids is 2. The average molecular weight is 681 g/mol. The van der Waals surface area contributed by atoms with E-state index in [1.807, 2.05) is 13.8 Å². The maximum atomic E-state index is 14.4. The number of hydrogen-bond donors (Lipinski definition) is 6. The predicted molar refractivity (Wildman–Crippen MR) is 177 cm³/mol. The zero-order chi connectivity index (χ0) is 36.3. The van der Waals surface area contributed by atoms with Gasteiger partial charge in [0.05, 0.1) is 12.3 Å². The monoisotopic (exact) mass is 680 g/mol. The Labute approximate surface area is 283 Å². The third kappa shape index (κ3) is 11.4. The molecule has 2 aliphatic rings. The first-order valence-electron chi connectivity index (χ1n) is 17.1. The molecule has 6 N–H and O–H groups in total. The van der Waals surface area contributed by atoms with Gasteiger partial charge in [-0.15, -0.1) is 0 Å². The predicted octanol–water partition coefficient (Wildman–Crippen LogP) is 1.69. The molecule has 2 rings (SSSR count). The van der Waals surface area contributed by atoms with Crippen molar-refractivity contribution < 1.29 is 43.8 Å². The van der Waals surface area contributed by atoms with Gasteiger partial charge < -0.3 is 41.3 Å². The van der Waals surface area contributed by atoms with E-state index in [0.717, 1.165) is 12.8 Å². The van der Waals surface area contributed by atoms with Crippen LogP contribution in [0.25, 0.3) is 0 Å². The lowest BCUT2D eigenvalue weighted by Gasteiger charge is -2.44. The standard InChI is InChI=1S/C33H56N6O9/c1-8-20(9-2)34-32(48)37-26(33(5,6)7)30(45)39-16-12-13-21(29(44)38-14-10-11-15-38)25(39)28(43)35-22(18-24(40)41)27(42)36-23(31(46)47)17-19(3)4/h19-23,25-26H,8-18H2,1-7H3,(H,35,43)(H,36,42)(H,40,41)(H,46,47)(H2,34,37,48)/t21-,22-,23-,25-,26+/m0/s1. The van der Waals surface area contributed by atoms with Gasteiger partial charge in [0.25, 0.3) is 0 Å². The summed E-state index contributed by atoms with van der Waals surface area (Å²) in [6.07, 6.45) is 2.82. The van der Waals surface area contributed by atoms with Gasteiger partial charge in [0.15, 0.2) is 0 Å². The van der Waals surface area contributed by atoms with Gasteiger partial charge in [0, 0.05) is 25.7 Å². The molecule has 2 aliphatic heterocycles. The van der Waals surface area contributed by atoms with Crippen LogP contribution in [0.4, 0.5) is 4.79 Å². The van der Waals surface area contributed by atoms with Crippen LogP contribution in [0.3, 0.4) is 0 Å². The number of carboxylic acids is 2. The molecule has 2 fully saturated rings. The molecule has 272 valence electrons. The Morgan fingerprint density at radius 1 is 0.812 bits per heavy atom. The van der Waals surface area contributed by atoms with Crippen molar-refractivity contribution in [3.8, 4) is 0 Å². The van der Waals surface area contributed by atoms with Gasteiger partial charge in [-0.3, -0.25) is 24.0 Å². The van der Waals surface area contributed by atoms with Crippen molar-refractivity contribution in [3.63, 3.8) is 0 Å². The van der Waals surface area contributed by atoms with E-state index in [2.05, 4.69) is 21.3 Å². The van der Waals surface area contributed by atoms with Crippen LogP contribution in [0.1, 0.15) is 99.8 Å². The minimum atomic E-state index is -1.69. The molecule has 0 aromatic heterocycles. The zero-order valence-corrected chi connectivity index (χ0v) is 29.5. The largest absolute Gasteiger partial charge is 0.481 e. The summed E-state index contributed by atoms with van der Waals surface area (Å²) in [5.74, 6) is -6.67. The first-order chi connectivity index (χ1) is 22.4. The zero-order valence-electron chi connectivity index (χ0n) is 29.5. The summed E-state index contributed by atoms with van der Waals surface area (Å²) in [6.45, 7) is 13.8. The van der Waals surface area contributed by atoms with Crippen LogP contribution in [-0.4, -0.2) is 111 Å². The second-order valence-corrected chi connectivity index (χ2v) is 14.4. The molecular weight excluding hydrogens is 624 g/mol. The van der Waals surface area contributed by atoms with Crippen molar-refractivity contribution in [1.29, 1.82) is 0 Å². The molecule has 0 aliphatic carbocycles. The number of urea groups is 1. The summed E-state index contributed by atoms with van der Waals surface area (Å²) in [5.41, 5.74) is -0.816. The van der Waals surface area contributed by atoms with Crippen LogP contribution in [0.2, 0.25) is 0 Å². The fourth-order valence-corrected chi connectivity index (χ4v) is 6.27. The summed E-state index contributed by atoms with van der Waals surface area (Å²) in [6, 6.07) is -6.19. The van der Waals surface area contributed by atoms with E-state index in [9.17, 15) is 43.8 Å². The van der Waals surface area contributed by atoms with E-state index in [-0.39, 0.29) is 37.3 Å². The number of carbonyl (C=O) groups is 7. The first-order valence-corrected chi connectivity index (χ1v) is 17.1. The molecule has 0 radical (unpaired) electrons. The van der Waals surface area contributed by atoms with Gasteiger partial charge >= 0.3 is 18.0 Å². The summed E-state index contributed by atoms with van der Waals surface area (Å²) < 4.78 is 0. The third-order valence-corrected chi connectivity index (χ3v) is 8.96. The van der Waals surface area contributed by atoms with Crippen LogP contribution in [0, 0.1) is 17.3 Å². The molecule has 5 atom stereocenters. The van der Waals surface area contributed by atoms with E-state index < -0.39 is 77.6 Å². The van der Waals surface area contributed by atoms with Crippen molar-refractivity contribution in [2.24, 2.45) is 17.3 Å².